The number of pyridine rings is 1. The first-order chi connectivity index (χ1) is 10.9. The molecule has 0 atom stereocenters. The van der Waals surface area contributed by atoms with Crippen LogP contribution < -0.4 is 10.9 Å². The number of hydrogen-bond acceptors (Lipinski definition) is 5. The average Bonchev–Trinajstić information content (AvgIpc) is 2.51. The van der Waals surface area contributed by atoms with E-state index in [1.807, 2.05) is 31.2 Å². The summed E-state index contributed by atoms with van der Waals surface area (Å²) in [7, 11) is 0. The molecule has 2 amide bonds. The van der Waals surface area contributed by atoms with Crippen molar-refractivity contribution in [1.82, 2.24) is 15.8 Å². The largest absolute Gasteiger partial charge is 0.452 e. The summed E-state index contributed by atoms with van der Waals surface area (Å²) in [5.41, 5.74) is 6.65. The van der Waals surface area contributed by atoms with Gasteiger partial charge in [-0.1, -0.05) is 18.2 Å². The Labute approximate surface area is 133 Å². The Morgan fingerprint density at radius 1 is 1.13 bits per heavy atom. The number of nitrogens with zero attached hydrogens (tertiary/aromatic N) is 1. The smallest absolute Gasteiger partial charge is 0.340 e. The molecule has 1 aromatic heterocycles. The van der Waals surface area contributed by atoms with Crippen LogP contribution in [0.1, 0.15) is 28.5 Å². The van der Waals surface area contributed by atoms with Gasteiger partial charge >= 0.3 is 5.97 Å². The van der Waals surface area contributed by atoms with Gasteiger partial charge in [0.25, 0.3) is 5.91 Å². The predicted molar refractivity (Wildman–Crippen MR) is 83.5 cm³/mol. The molecule has 0 aliphatic rings. The predicted octanol–water partition coefficient (Wildman–Crippen LogP) is 1.18. The number of fused-ring (bicyclic) bond motifs is 1. The minimum Gasteiger partial charge on any atom is -0.452 e. The third-order valence-electron chi connectivity index (χ3n) is 3.25. The van der Waals surface area contributed by atoms with Crippen LogP contribution in [0.15, 0.2) is 24.3 Å². The third kappa shape index (κ3) is 3.82. The molecule has 7 nitrogen and oxygen atoms in total. The van der Waals surface area contributed by atoms with Crippen molar-refractivity contribution in [3.8, 4) is 0 Å². The number of aryl methyl sites for hydroxylation is 2. The van der Waals surface area contributed by atoms with Crippen LogP contribution in [0.3, 0.4) is 0 Å². The highest BCUT2D eigenvalue weighted by molar-refractivity contribution is 5.99. The monoisotopic (exact) mass is 315 g/mol. The molecule has 0 saturated carbocycles. The van der Waals surface area contributed by atoms with Crippen LogP contribution in [0.4, 0.5) is 0 Å². The molecule has 0 spiro atoms. The molecule has 2 rings (SSSR count). The molecule has 0 saturated heterocycles. The molecule has 0 unspecified atom stereocenters. The van der Waals surface area contributed by atoms with Crippen molar-refractivity contribution < 1.29 is 19.1 Å². The number of aromatic nitrogens is 1. The number of esters is 1. The molecule has 7 heteroatoms. The van der Waals surface area contributed by atoms with E-state index in [1.165, 1.54) is 6.92 Å². The lowest BCUT2D eigenvalue weighted by molar-refractivity contribution is -0.129. The Kier molecular flexibility index (Phi) is 4.90. The van der Waals surface area contributed by atoms with Crippen LogP contribution in [-0.4, -0.2) is 29.4 Å². The fraction of sp³-hybridized carbons (Fsp3) is 0.250. The van der Waals surface area contributed by atoms with E-state index >= 15 is 0 Å². The zero-order chi connectivity index (χ0) is 17.0. The van der Waals surface area contributed by atoms with E-state index in [2.05, 4.69) is 15.8 Å². The fourth-order valence-electron chi connectivity index (χ4n) is 2.23. The lowest BCUT2D eigenvalue weighted by Crippen LogP contribution is -2.42. The van der Waals surface area contributed by atoms with Gasteiger partial charge in [-0.3, -0.25) is 25.4 Å². The number of carbonyl (C=O) groups excluding carboxylic acids is 3. The van der Waals surface area contributed by atoms with Crippen molar-refractivity contribution in [2.75, 3.05) is 6.61 Å². The van der Waals surface area contributed by atoms with E-state index in [1.54, 1.807) is 6.92 Å². The first kappa shape index (κ1) is 16.4. The maximum atomic E-state index is 12.2. The zero-order valence-corrected chi connectivity index (χ0v) is 13.1. The summed E-state index contributed by atoms with van der Waals surface area (Å²) in [5.74, 6) is -1.68. The Morgan fingerprint density at radius 3 is 2.52 bits per heavy atom. The topological polar surface area (TPSA) is 97.4 Å². The van der Waals surface area contributed by atoms with Crippen LogP contribution >= 0.6 is 0 Å². The number of carbonyl (C=O) groups is 3. The Bertz CT molecular complexity index is 786. The summed E-state index contributed by atoms with van der Waals surface area (Å²) in [5, 5.41) is 0.854. The van der Waals surface area contributed by atoms with Gasteiger partial charge in [0.2, 0.25) is 5.91 Å². The summed E-state index contributed by atoms with van der Waals surface area (Å²) in [6, 6.07) is 7.48. The number of nitrogens with one attached hydrogen (secondary N) is 2. The summed E-state index contributed by atoms with van der Waals surface area (Å²) in [4.78, 5) is 38.8. The van der Waals surface area contributed by atoms with Crippen LogP contribution in [0.2, 0.25) is 0 Å². The van der Waals surface area contributed by atoms with E-state index in [-0.39, 0.29) is 0 Å². The third-order valence-corrected chi connectivity index (χ3v) is 3.25. The van der Waals surface area contributed by atoms with Crippen LogP contribution in [0.25, 0.3) is 10.9 Å². The van der Waals surface area contributed by atoms with Crippen molar-refractivity contribution in [2.45, 2.75) is 20.8 Å². The van der Waals surface area contributed by atoms with E-state index < -0.39 is 24.4 Å². The van der Waals surface area contributed by atoms with Gasteiger partial charge in [0.15, 0.2) is 6.61 Å². The number of rotatable bonds is 3. The molecule has 0 radical (unpaired) electrons. The molecule has 1 aromatic carbocycles. The number of para-hydroxylation sites is 1. The second-order valence-corrected chi connectivity index (χ2v) is 5.02. The van der Waals surface area contributed by atoms with E-state index in [0.717, 1.165) is 16.5 Å². The van der Waals surface area contributed by atoms with Crippen molar-refractivity contribution >= 4 is 28.7 Å². The highest BCUT2D eigenvalue weighted by atomic mass is 16.5. The molecular formula is C16H17N3O4. The first-order valence-electron chi connectivity index (χ1n) is 6.98. The normalized spacial score (nSPS) is 10.2. The van der Waals surface area contributed by atoms with Gasteiger partial charge in [-0.25, -0.2) is 4.79 Å². The van der Waals surface area contributed by atoms with Gasteiger partial charge in [-0.15, -0.1) is 0 Å². The van der Waals surface area contributed by atoms with Gasteiger partial charge in [0.1, 0.15) is 0 Å². The minimum atomic E-state index is -0.628. The highest BCUT2D eigenvalue weighted by Crippen LogP contribution is 2.23. The number of hydrazine groups is 1. The highest BCUT2D eigenvalue weighted by Gasteiger charge is 2.18. The molecule has 0 aliphatic carbocycles. The Morgan fingerprint density at radius 2 is 1.83 bits per heavy atom. The van der Waals surface area contributed by atoms with Gasteiger partial charge in [-0.2, -0.15) is 0 Å². The van der Waals surface area contributed by atoms with Crippen molar-refractivity contribution in [3.05, 3.63) is 41.1 Å². The SMILES string of the molecule is CC(=O)NNC(=O)COC(=O)c1c(C)nc2ccccc2c1C. The van der Waals surface area contributed by atoms with Crippen molar-refractivity contribution in [3.63, 3.8) is 0 Å². The van der Waals surface area contributed by atoms with Crippen LogP contribution in [-0.2, 0) is 14.3 Å². The standard InChI is InChI=1S/C16H17N3O4/c1-9-12-6-4-5-7-13(12)17-10(2)15(9)16(22)23-8-14(21)19-18-11(3)20/h4-7H,8H2,1-3H3,(H,18,20)(H,19,21). The summed E-state index contributed by atoms with van der Waals surface area (Å²) in [6.07, 6.45) is 0. The lowest BCUT2D eigenvalue weighted by Gasteiger charge is -2.12. The van der Waals surface area contributed by atoms with Crippen molar-refractivity contribution in [1.29, 1.82) is 0 Å². The molecule has 0 fully saturated rings. The Balaban J connectivity index is 2.15. The summed E-state index contributed by atoms with van der Waals surface area (Å²) < 4.78 is 4.99. The molecule has 120 valence electrons. The van der Waals surface area contributed by atoms with Gasteiger partial charge in [-0.05, 0) is 25.5 Å². The zero-order valence-electron chi connectivity index (χ0n) is 13.1. The fourth-order valence-corrected chi connectivity index (χ4v) is 2.23. The lowest BCUT2D eigenvalue weighted by atomic mass is 10.0. The number of ether oxygens (including phenoxy) is 1. The summed E-state index contributed by atoms with van der Waals surface area (Å²) >= 11 is 0. The maximum absolute atomic E-state index is 12.2. The molecule has 0 bridgehead atoms. The van der Waals surface area contributed by atoms with Gasteiger partial charge in [0.05, 0.1) is 16.8 Å². The molecule has 2 aromatic rings. The second kappa shape index (κ2) is 6.87. The van der Waals surface area contributed by atoms with Crippen LogP contribution in [0.5, 0.6) is 0 Å². The molecule has 1 heterocycles. The molecule has 2 N–H and O–H groups in total. The van der Waals surface area contributed by atoms with E-state index in [9.17, 15) is 14.4 Å². The average molecular weight is 315 g/mol. The Hall–Kier alpha value is -2.96. The van der Waals surface area contributed by atoms with E-state index in [0.29, 0.717) is 11.3 Å². The van der Waals surface area contributed by atoms with Crippen LogP contribution in [0, 0.1) is 13.8 Å². The minimum absolute atomic E-state index is 0.344. The second-order valence-electron chi connectivity index (χ2n) is 5.02. The molecular weight excluding hydrogens is 298 g/mol. The number of hydrogen-bond donors (Lipinski definition) is 2. The van der Waals surface area contributed by atoms with Crippen molar-refractivity contribution in [2.24, 2.45) is 0 Å². The maximum Gasteiger partial charge on any atom is 0.340 e. The molecule has 0 aliphatic heterocycles. The number of amides is 2. The quantitative estimate of drug-likeness (QED) is 0.654. The summed E-state index contributed by atoms with van der Waals surface area (Å²) in [6.45, 7) is 4.28. The first-order valence-corrected chi connectivity index (χ1v) is 6.98. The molecule has 23 heavy (non-hydrogen) atoms. The van der Waals surface area contributed by atoms with E-state index in [4.69, 9.17) is 4.74 Å². The van der Waals surface area contributed by atoms with Gasteiger partial charge < -0.3 is 4.74 Å². The van der Waals surface area contributed by atoms with Gasteiger partial charge in [0, 0.05) is 12.3 Å². The number of benzene rings is 1.